The Morgan fingerprint density at radius 2 is 1.83 bits per heavy atom. The Labute approximate surface area is 108 Å². The van der Waals surface area contributed by atoms with Crippen LogP contribution in [0.15, 0.2) is 0 Å². The van der Waals surface area contributed by atoms with Crippen LogP contribution in [0, 0.1) is 5.41 Å². The number of amides is 2. The van der Waals surface area contributed by atoms with Crippen LogP contribution in [0.4, 0.5) is 0 Å². The Morgan fingerprint density at radius 1 is 1.22 bits per heavy atom. The SMILES string of the molecule is CC[C@H](CO)N1C(=O)CC2(CCCCCC2)C1=O. The van der Waals surface area contributed by atoms with Crippen molar-refractivity contribution in [2.75, 3.05) is 6.61 Å². The number of rotatable bonds is 3. The summed E-state index contributed by atoms with van der Waals surface area (Å²) < 4.78 is 0. The number of hydrogen-bond donors (Lipinski definition) is 1. The molecule has 4 nitrogen and oxygen atoms in total. The summed E-state index contributed by atoms with van der Waals surface area (Å²) in [6.07, 6.45) is 7.10. The third-order valence-electron chi connectivity index (χ3n) is 4.54. The molecule has 0 unspecified atom stereocenters. The van der Waals surface area contributed by atoms with E-state index in [1.807, 2.05) is 6.92 Å². The zero-order valence-electron chi connectivity index (χ0n) is 11.2. The molecule has 1 spiro atoms. The molecule has 1 atom stereocenters. The highest BCUT2D eigenvalue weighted by molar-refractivity contribution is 6.06. The van der Waals surface area contributed by atoms with Gasteiger partial charge in [0.15, 0.2) is 0 Å². The number of likely N-dealkylation sites (tertiary alicyclic amines) is 1. The van der Waals surface area contributed by atoms with Crippen LogP contribution in [-0.2, 0) is 9.59 Å². The zero-order chi connectivity index (χ0) is 13.2. The molecular formula is C14H23NO3. The largest absolute Gasteiger partial charge is 0.394 e. The second-order valence-corrected chi connectivity index (χ2v) is 5.68. The van der Waals surface area contributed by atoms with E-state index in [1.54, 1.807) is 0 Å². The quantitative estimate of drug-likeness (QED) is 0.781. The molecule has 2 rings (SSSR count). The highest BCUT2D eigenvalue weighted by atomic mass is 16.3. The van der Waals surface area contributed by atoms with E-state index in [0.717, 1.165) is 25.7 Å². The standard InChI is InChI=1S/C14H23NO3/c1-2-11(10-16)15-12(17)9-14(13(15)18)7-5-3-4-6-8-14/h11,16H,2-10H2,1H3/t11-/m1/s1. The molecule has 1 aliphatic carbocycles. The fourth-order valence-electron chi connectivity index (χ4n) is 3.38. The molecule has 1 N–H and O–H groups in total. The van der Waals surface area contributed by atoms with Crippen LogP contribution < -0.4 is 0 Å². The molecule has 102 valence electrons. The van der Waals surface area contributed by atoms with E-state index in [2.05, 4.69) is 0 Å². The van der Waals surface area contributed by atoms with E-state index in [9.17, 15) is 14.7 Å². The maximum atomic E-state index is 12.6. The molecule has 2 aliphatic rings. The Kier molecular flexibility index (Phi) is 4.05. The maximum Gasteiger partial charge on any atom is 0.236 e. The van der Waals surface area contributed by atoms with Crippen molar-refractivity contribution in [3.05, 3.63) is 0 Å². The van der Waals surface area contributed by atoms with Crippen molar-refractivity contribution in [1.82, 2.24) is 4.90 Å². The first-order valence-electron chi connectivity index (χ1n) is 7.12. The van der Waals surface area contributed by atoms with Crippen LogP contribution in [-0.4, -0.2) is 34.5 Å². The predicted octanol–water partition coefficient (Wildman–Crippen LogP) is 1.86. The number of imide groups is 1. The van der Waals surface area contributed by atoms with Crippen molar-refractivity contribution >= 4 is 11.8 Å². The third-order valence-corrected chi connectivity index (χ3v) is 4.54. The second-order valence-electron chi connectivity index (χ2n) is 5.68. The van der Waals surface area contributed by atoms with Gasteiger partial charge in [-0.3, -0.25) is 14.5 Å². The van der Waals surface area contributed by atoms with E-state index in [-0.39, 0.29) is 24.5 Å². The summed E-state index contributed by atoms with van der Waals surface area (Å²) in [7, 11) is 0. The van der Waals surface area contributed by atoms with Gasteiger partial charge >= 0.3 is 0 Å². The van der Waals surface area contributed by atoms with Crippen LogP contribution in [0.3, 0.4) is 0 Å². The smallest absolute Gasteiger partial charge is 0.236 e. The van der Waals surface area contributed by atoms with E-state index in [4.69, 9.17) is 0 Å². The molecule has 1 saturated heterocycles. The normalized spacial score (nSPS) is 25.6. The lowest BCUT2D eigenvalue weighted by atomic mass is 9.79. The molecule has 2 fully saturated rings. The first kappa shape index (κ1) is 13.5. The van der Waals surface area contributed by atoms with Gasteiger partial charge in [-0.2, -0.15) is 0 Å². The highest BCUT2D eigenvalue weighted by Crippen LogP contribution is 2.45. The molecule has 0 aromatic carbocycles. The summed E-state index contributed by atoms with van der Waals surface area (Å²) in [5.41, 5.74) is -0.434. The molecular weight excluding hydrogens is 230 g/mol. The van der Waals surface area contributed by atoms with Crippen molar-refractivity contribution < 1.29 is 14.7 Å². The monoisotopic (exact) mass is 253 g/mol. The third kappa shape index (κ3) is 2.18. The summed E-state index contributed by atoms with van der Waals surface area (Å²) in [5, 5.41) is 9.32. The molecule has 0 aromatic rings. The topological polar surface area (TPSA) is 57.6 Å². The lowest BCUT2D eigenvalue weighted by Crippen LogP contribution is -2.44. The Morgan fingerprint density at radius 3 is 2.33 bits per heavy atom. The molecule has 1 heterocycles. The van der Waals surface area contributed by atoms with Gasteiger partial charge in [0, 0.05) is 6.42 Å². The molecule has 1 saturated carbocycles. The summed E-state index contributed by atoms with van der Waals surface area (Å²) in [5.74, 6) is -0.0990. The van der Waals surface area contributed by atoms with Gasteiger partial charge < -0.3 is 5.11 Å². The van der Waals surface area contributed by atoms with Crippen LogP contribution in [0.2, 0.25) is 0 Å². The fraction of sp³-hybridized carbons (Fsp3) is 0.857. The van der Waals surface area contributed by atoms with Crippen LogP contribution in [0.1, 0.15) is 58.3 Å². The van der Waals surface area contributed by atoms with Crippen LogP contribution in [0.25, 0.3) is 0 Å². The van der Waals surface area contributed by atoms with E-state index < -0.39 is 5.41 Å². The minimum atomic E-state index is -0.434. The minimum absolute atomic E-state index is 0.0182. The molecule has 2 amide bonds. The van der Waals surface area contributed by atoms with Crippen LogP contribution in [0.5, 0.6) is 0 Å². The van der Waals surface area contributed by atoms with Gasteiger partial charge in [-0.25, -0.2) is 0 Å². The van der Waals surface area contributed by atoms with Gasteiger partial charge in [0.05, 0.1) is 18.1 Å². The van der Waals surface area contributed by atoms with Crippen LogP contribution >= 0.6 is 0 Å². The Balaban J connectivity index is 2.21. The average molecular weight is 253 g/mol. The maximum absolute atomic E-state index is 12.6. The molecule has 0 bridgehead atoms. The van der Waals surface area contributed by atoms with Gasteiger partial charge in [0.2, 0.25) is 11.8 Å². The van der Waals surface area contributed by atoms with Crippen molar-refractivity contribution in [1.29, 1.82) is 0 Å². The summed E-state index contributed by atoms with van der Waals surface area (Å²) in [4.78, 5) is 26.1. The Bertz CT molecular complexity index is 328. The van der Waals surface area contributed by atoms with Gasteiger partial charge in [0.1, 0.15) is 0 Å². The van der Waals surface area contributed by atoms with Crippen molar-refractivity contribution in [2.45, 2.75) is 64.3 Å². The first-order valence-corrected chi connectivity index (χ1v) is 7.12. The average Bonchev–Trinajstić information content (AvgIpc) is 2.56. The number of aliphatic hydroxyl groups is 1. The summed E-state index contributed by atoms with van der Waals surface area (Å²) in [6, 6.07) is -0.326. The zero-order valence-corrected chi connectivity index (χ0v) is 11.2. The lowest BCUT2D eigenvalue weighted by molar-refractivity contribution is -0.145. The molecule has 0 aromatic heterocycles. The fourth-order valence-corrected chi connectivity index (χ4v) is 3.38. The lowest BCUT2D eigenvalue weighted by Gasteiger charge is -2.28. The molecule has 4 heteroatoms. The van der Waals surface area contributed by atoms with E-state index in [0.29, 0.717) is 12.8 Å². The number of nitrogens with zero attached hydrogens (tertiary/aromatic N) is 1. The first-order chi connectivity index (χ1) is 8.64. The number of hydrogen-bond acceptors (Lipinski definition) is 3. The number of aliphatic hydroxyl groups excluding tert-OH is 1. The number of carbonyl (C=O) groups is 2. The number of carbonyl (C=O) groups excluding carboxylic acids is 2. The minimum Gasteiger partial charge on any atom is -0.394 e. The molecule has 18 heavy (non-hydrogen) atoms. The van der Waals surface area contributed by atoms with E-state index >= 15 is 0 Å². The van der Waals surface area contributed by atoms with Crippen molar-refractivity contribution in [3.63, 3.8) is 0 Å². The molecule has 1 aliphatic heterocycles. The van der Waals surface area contributed by atoms with E-state index in [1.165, 1.54) is 17.7 Å². The Hall–Kier alpha value is -0.900. The summed E-state index contributed by atoms with van der Waals surface area (Å²) in [6.45, 7) is 1.78. The van der Waals surface area contributed by atoms with Gasteiger partial charge in [-0.1, -0.05) is 32.6 Å². The van der Waals surface area contributed by atoms with Crippen molar-refractivity contribution in [3.8, 4) is 0 Å². The highest BCUT2D eigenvalue weighted by Gasteiger charge is 2.52. The van der Waals surface area contributed by atoms with Gasteiger partial charge in [0.25, 0.3) is 0 Å². The van der Waals surface area contributed by atoms with Crippen molar-refractivity contribution in [2.24, 2.45) is 5.41 Å². The second kappa shape index (κ2) is 5.39. The summed E-state index contributed by atoms with van der Waals surface area (Å²) >= 11 is 0. The van der Waals surface area contributed by atoms with Gasteiger partial charge in [-0.05, 0) is 19.3 Å². The predicted molar refractivity (Wildman–Crippen MR) is 67.8 cm³/mol. The molecule has 0 radical (unpaired) electrons. The van der Waals surface area contributed by atoms with Gasteiger partial charge in [-0.15, -0.1) is 0 Å².